The maximum Gasteiger partial charge on any atom is 0.347 e. The van der Waals surface area contributed by atoms with Crippen LogP contribution in [0.1, 0.15) is 32.3 Å². The first-order chi connectivity index (χ1) is 11.5. The van der Waals surface area contributed by atoms with Gasteiger partial charge in [-0.15, -0.1) is 0 Å². The molecule has 3 heterocycles. The summed E-state index contributed by atoms with van der Waals surface area (Å²) in [4.78, 5) is 15.2. The van der Waals surface area contributed by atoms with Gasteiger partial charge in [-0.1, -0.05) is 50.3 Å². The summed E-state index contributed by atoms with van der Waals surface area (Å²) in [6, 6.07) is 9.05. The molecule has 4 rings (SSSR count). The minimum atomic E-state index is -1.72. The van der Waals surface area contributed by atoms with Gasteiger partial charge in [0.2, 0.25) is 5.60 Å². The molecule has 1 aromatic rings. The van der Waals surface area contributed by atoms with E-state index in [1.807, 2.05) is 38.1 Å². The maximum atomic E-state index is 12.9. The highest BCUT2D eigenvalue weighted by Crippen LogP contribution is 2.32. The Morgan fingerprint density at radius 1 is 1.29 bits per heavy atom. The predicted molar refractivity (Wildman–Crippen MR) is 93.4 cm³/mol. The van der Waals surface area contributed by atoms with Gasteiger partial charge in [-0.25, -0.2) is 4.79 Å². The van der Waals surface area contributed by atoms with Gasteiger partial charge in [0.15, 0.2) is 0 Å². The summed E-state index contributed by atoms with van der Waals surface area (Å²) in [5, 5.41) is 11.1. The predicted octanol–water partition coefficient (Wildman–Crippen LogP) is 2.72. The molecule has 130 valence electrons. The molecule has 3 aliphatic heterocycles. The third kappa shape index (κ3) is 3.55. The molecule has 3 saturated heterocycles. The Balaban J connectivity index is 1.81. The van der Waals surface area contributed by atoms with Crippen molar-refractivity contribution in [2.75, 3.05) is 19.6 Å². The lowest BCUT2D eigenvalue weighted by Crippen LogP contribution is -2.53. The quantitative estimate of drug-likeness (QED) is 0.666. The molecule has 24 heavy (non-hydrogen) atoms. The first kappa shape index (κ1) is 17.2. The summed E-state index contributed by atoms with van der Waals surface area (Å²) >= 11 is 0. The van der Waals surface area contributed by atoms with Crippen molar-refractivity contribution >= 4 is 5.97 Å². The molecular weight excluding hydrogens is 302 g/mol. The number of carbonyl (C=O) groups is 1. The second kappa shape index (κ2) is 7.08. The van der Waals surface area contributed by atoms with E-state index in [9.17, 15) is 9.90 Å². The lowest BCUT2D eigenvalue weighted by molar-refractivity contribution is -0.176. The molecule has 0 saturated carbocycles. The van der Waals surface area contributed by atoms with Crippen molar-refractivity contribution < 1.29 is 14.6 Å². The van der Waals surface area contributed by atoms with Crippen LogP contribution in [0.25, 0.3) is 0 Å². The fourth-order valence-corrected chi connectivity index (χ4v) is 3.58. The lowest BCUT2D eigenvalue weighted by Gasteiger charge is -2.44. The van der Waals surface area contributed by atoms with Crippen LogP contribution in [-0.2, 0) is 15.1 Å². The highest BCUT2D eigenvalue weighted by Gasteiger charge is 2.42. The number of benzene rings is 1. The van der Waals surface area contributed by atoms with E-state index >= 15 is 0 Å². The molecule has 0 aromatic heterocycles. The van der Waals surface area contributed by atoms with Gasteiger partial charge in [0, 0.05) is 6.54 Å². The minimum absolute atomic E-state index is 0.109. The lowest BCUT2D eigenvalue weighted by atomic mass is 9.85. The van der Waals surface area contributed by atoms with E-state index in [1.165, 1.54) is 0 Å². The fraction of sp³-hybridized carbons (Fsp3) is 0.550. The molecule has 2 bridgehead atoms. The first-order valence-corrected chi connectivity index (χ1v) is 8.90. The van der Waals surface area contributed by atoms with Crippen molar-refractivity contribution in [3.63, 3.8) is 0 Å². The molecule has 0 unspecified atom stereocenters. The van der Waals surface area contributed by atoms with Crippen LogP contribution in [0, 0.1) is 11.8 Å². The molecule has 4 heteroatoms. The third-order valence-corrected chi connectivity index (χ3v) is 5.10. The van der Waals surface area contributed by atoms with Crippen molar-refractivity contribution in [1.29, 1.82) is 0 Å². The fourth-order valence-electron chi connectivity index (χ4n) is 3.58. The number of hydrogen-bond acceptors (Lipinski definition) is 4. The van der Waals surface area contributed by atoms with Crippen LogP contribution in [0.15, 0.2) is 42.5 Å². The zero-order valence-corrected chi connectivity index (χ0v) is 14.5. The molecule has 1 N–H and O–H groups in total. The standard InChI is InChI=1S/C20H27NO3/c1-15(2)8-11-20(23,17-6-4-3-5-7-17)19(22)24-18-14-21-12-9-16(18)10-13-21/h3-8,11,15-16,18,23H,9-10,12-14H2,1-2H3/b11-8+/t18-,20-/m1/s1. The number of carbonyl (C=O) groups excluding carboxylic acids is 1. The molecule has 0 amide bonds. The topological polar surface area (TPSA) is 49.8 Å². The highest BCUT2D eigenvalue weighted by atomic mass is 16.6. The van der Waals surface area contributed by atoms with E-state index in [-0.39, 0.29) is 12.0 Å². The first-order valence-electron chi connectivity index (χ1n) is 8.90. The molecule has 0 radical (unpaired) electrons. The number of fused-ring (bicyclic) bond motifs is 3. The number of allylic oxidation sites excluding steroid dienone is 1. The van der Waals surface area contributed by atoms with Crippen molar-refractivity contribution in [3.05, 3.63) is 48.0 Å². The van der Waals surface area contributed by atoms with Crippen molar-refractivity contribution in [3.8, 4) is 0 Å². The van der Waals surface area contributed by atoms with Crippen molar-refractivity contribution in [1.82, 2.24) is 4.90 Å². The molecule has 3 aliphatic rings. The van der Waals surface area contributed by atoms with Crippen LogP contribution in [-0.4, -0.2) is 41.7 Å². The van der Waals surface area contributed by atoms with Crippen molar-refractivity contribution in [2.45, 2.75) is 38.4 Å². The smallest absolute Gasteiger partial charge is 0.347 e. The Hall–Kier alpha value is -1.65. The zero-order chi connectivity index (χ0) is 17.2. The van der Waals surface area contributed by atoms with Gasteiger partial charge < -0.3 is 9.84 Å². The van der Waals surface area contributed by atoms with Crippen molar-refractivity contribution in [2.24, 2.45) is 11.8 Å². The number of esters is 1. The second-order valence-electron chi connectivity index (χ2n) is 7.32. The molecule has 0 aliphatic carbocycles. The third-order valence-electron chi connectivity index (χ3n) is 5.10. The van der Waals surface area contributed by atoms with Crippen LogP contribution < -0.4 is 0 Å². The Kier molecular flexibility index (Phi) is 5.07. The summed E-state index contributed by atoms with van der Waals surface area (Å²) in [6.45, 7) is 7.00. The van der Waals surface area contributed by atoms with Gasteiger partial charge in [0.05, 0.1) is 0 Å². The Bertz CT molecular complexity index is 590. The zero-order valence-electron chi connectivity index (χ0n) is 14.5. The highest BCUT2D eigenvalue weighted by molar-refractivity contribution is 5.83. The Morgan fingerprint density at radius 2 is 1.96 bits per heavy atom. The van der Waals surface area contributed by atoms with E-state index in [4.69, 9.17) is 4.74 Å². The van der Waals surface area contributed by atoms with Gasteiger partial charge in [-0.3, -0.25) is 4.90 Å². The molecule has 2 atom stereocenters. The average Bonchev–Trinajstić information content (AvgIpc) is 2.61. The number of aliphatic hydroxyl groups is 1. The summed E-state index contributed by atoms with van der Waals surface area (Å²) in [6.07, 6.45) is 5.47. The molecular formula is C20H27NO3. The summed E-state index contributed by atoms with van der Waals surface area (Å²) in [5.41, 5.74) is -1.18. The van der Waals surface area contributed by atoms with Crippen LogP contribution in [0.3, 0.4) is 0 Å². The monoisotopic (exact) mass is 329 g/mol. The summed E-state index contributed by atoms with van der Waals surface area (Å²) in [5.74, 6) is 0.0993. The Labute approximate surface area is 144 Å². The van der Waals surface area contributed by atoms with E-state index in [1.54, 1.807) is 18.2 Å². The summed E-state index contributed by atoms with van der Waals surface area (Å²) < 4.78 is 5.80. The van der Waals surface area contributed by atoms with E-state index in [0.29, 0.717) is 11.5 Å². The molecule has 4 nitrogen and oxygen atoms in total. The van der Waals surface area contributed by atoms with Gasteiger partial charge in [0.25, 0.3) is 0 Å². The minimum Gasteiger partial charge on any atom is -0.458 e. The number of hydrogen-bond donors (Lipinski definition) is 1. The molecule has 0 spiro atoms. The van der Waals surface area contributed by atoms with Crippen LogP contribution in [0.5, 0.6) is 0 Å². The van der Waals surface area contributed by atoms with Crippen LogP contribution in [0.4, 0.5) is 0 Å². The Morgan fingerprint density at radius 3 is 2.50 bits per heavy atom. The number of ether oxygens (including phenoxy) is 1. The molecule has 1 aromatic carbocycles. The largest absolute Gasteiger partial charge is 0.458 e. The van der Waals surface area contributed by atoms with E-state index in [0.717, 1.165) is 32.5 Å². The van der Waals surface area contributed by atoms with Crippen LogP contribution >= 0.6 is 0 Å². The number of rotatable bonds is 5. The maximum absolute atomic E-state index is 12.9. The van der Waals surface area contributed by atoms with E-state index < -0.39 is 11.6 Å². The van der Waals surface area contributed by atoms with Gasteiger partial charge >= 0.3 is 5.97 Å². The molecule has 3 fully saturated rings. The summed E-state index contributed by atoms with van der Waals surface area (Å²) in [7, 11) is 0. The van der Waals surface area contributed by atoms with Gasteiger partial charge in [-0.2, -0.15) is 0 Å². The SMILES string of the molecule is CC(C)/C=C/[C@](O)(C(=O)O[C@@H]1CN2CCC1CC2)c1ccccc1. The number of piperidine rings is 3. The van der Waals surface area contributed by atoms with Gasteiger partial charge in [0.1, 0.15) is 6.10 Å². The average molecular weight is 329 g/mol. The number of nitrogens with zero attached hydrogens (tertiary/aromatic N) is 1. The second-order valence-corrected chi connectivity index (χ2v) is 7.32. The normalized spacial score (nSPS) is 28.9. The van der Waals surface area contributed by atoms with Gasteiger partial charge in [-0.05, 0) is 49.4 Å². The van der Waals surface area contributed by atoms with Crippen LogP contribution in [0.2, 0.25) is 0 Å². The van der Waals surface area contributed by atoms with E-state index in [2.05, 4.69) is 4.90 Å².